The van der Waals surface area contributed by atoms with Gasteiger partial charge >= 0.3 is 0 Å². The van der Waals surface area contributed by atoms with Crippen LogP contribution >= 0.6 is 11.8 Å². The molecule has 0 radical (unpaired) electrons. The molecule has 0 unspecified atom stereocenters. The molecule has 0 saturated heterocycles. The van der Waals surface area contributed by atoms with Gasteiger partial charge in [0, 0.05) is 17.9 Å². The normalized spacial score (nSPS) is 15.7. The van der Waals surface area contributed by atoms with Crippen LogP contribution in [-0.2, 0) is 4.79 Å². The molecule has 2 nitrogen and oxygen atoms in total. The monoisotopic (exact) mass is 319 g/mol. The molecule has 0 spiro atoms. The van der Waals surface area contributed by atoms with Gasteiger partial charge in [0.2, 0.25) is 5.91 Å². The number of hydrogen-bond donors (Lipinski definition) is 1. The topological polar surface area (TPSA) is 29.1 Å². The second kappa shape index (κ2) is 9.94. The van der Waals surface area contributed by atoms with Crippen LogP contribution in [0, 0.1) is 12.8 Å². The zero-order chi connectivity index (χ0) is 15.6. The SMILES string of the molecule is Cc1ccccc1NC(=O)CCSCCCC1CCCCC1. The fraction of sp³-hybridized carbons (Fsp3) is 0.632. The zero-order valence-corrected chi connectivity index (χ0v) is 14.6. The lowest BCUT2D eigenvalue weighted by atomic mass is 9.86. The lowest BCUT2D eigenvalue weighted by Crippen LogP contribution is -2.13. The standard InChI is InChI=1S/C19H29NOS/c1-16-8-5-6-12-18(16)20-19(21)13-15-22-14-7-11-17-9-3-2-4-10-17/h5-6,8,12,17H,2-4,7,9-11,13-15H2,1H3,(H,20,21). The van der Waals surface area contributed by atoms with E-state index < -0.39 is 0 Å². The first-order chi connectivity index (χ1) is 10.8. The zero-order valence-electron chi connectivity index (χ0n) is 13.8. The Morgan fingerprint density at radius 1 is 1.18 bits per heavy atom. The van der Waals surface area contributed by atoms with E-state index in [1.165, 1.54) is 50.7 Å². The molecule has 122 valence electrons. The predicted molar refractivity (Wildman–Crippen MR) is 97.6 cm³/mol. The van der Waals surface area contributed by atoms with Gasteiger partial charge in [0.25, 0.3) is 0 Å². The number of carbonyl (C=O) groups is 1. The van der Waals surface area contributed by atoms with Crippen molar-refractivity contribution in [1.82, 2.24) is 0 Å². The molecule has 1 aromatic rings. The Morgan fingerprint density at radius 3 is 2.73 bits per heavy atom. The maximum Gasteiger partial charge on any atom is 0.225 e. The van der Waals surface area contributed by atoms with Crippen LogP contribution in [0.25, 0.3) is 0 Å². The van der Waals surface area contributed by atoms with Gasteiger partial charge in [-0.05, 0) is 43.1 Å². The van der Waals surface area contributed by atoms with Gasteiger partial charge in [-0.2, -0.15) is 11.8 Å². The fourth-order valence-electron chi connectivity index (χ4n) is 3.14. The lowest BCUT2D eigenvalue weighted by molar-refractivity contribution is -0.115. The molecule has 0 heterocycles. The van der Waals surface area contributed by atoms with Gasteiger partial charge in [-0.3, -0.25) is 4.79 Å². The summed E-state index contributed by atoms with van der Waals surface area (Å²) in [6, 6.07) is 7.94. The number of thioether (sulfide) groups is 1. The molecule has 0 aromatic heterocycles. The van der Waals surface area contributed by atoms with E-state index in [-0.39, 0.29) is 5.91 Å². The maximum absolute atomic E-state index is 11.9. The lowest BCUT2D eigenvalue weighted by Gasteiger charge is -2.21. The Kier molecular flexibility index (Phi) is 7.86. The van der Waals surface area contributed by atoms with Crippen LogP contribution in [0.3, 0.4) is 0 Å². The second-order valence-electron chi connectivity index (χ2n) is 6.37. The molecule has 0 bridgehead atoms. The summed E-state index contributed by atoms with van der Waals surface area (Å²) in [5.74, 6) is 3.25. The molecule has 1 saturated carbocycles. The molecule has 1 aliphatic carbocycles. The highest BCUT2D eigenvalue weighted by atomic mass is 32.2. The molecule has 2 rings (SSSR count). The number of rotatable bonds is 8. The minimum atomic E-state index is 0.133. The van der Waals surface area contributed by atoms with Gasteiger partial charge in [-0.25, -0.2) is 0 Å². The van der Waals surface area contributed by atoms with Crippen molar-refractivity contribution < 1.29 is 4.79 Å². The second-order valence-corrected chi connectivity index (χ2v) is 7.60. The first-order valence-electron chi connectivity index (χ1n) is 8.69. The van der Waals surface area contributed by atoms with Gasteiger partial charge in [0.05, 0.1) is 0 Å². The largest absolute Gasteiger partial charge is 0.326 e. The van der Waals surface area contributed by atoms with E-state index in [1.54, 1.807) is 0 Å². The van der Waals surface area contributed by atoms with E-state index in [1.807, 2.05) is 43.0 Å². The summed E-state index contributed by atoms with van der Waals surface area (Å²) < 4.78 is 0. The molecule has 1 aliphatic rings. The smallest absolute Gasteiger partial charge is 0.225 e. The third-order valence-electron chi connectivity index (χ3n) is 4.52. The van der Waals surface area contributed by atoms with E-state index in [0.717, 1.165) is 22.9 Å². The van der Waals surface area contributed by atoms with Crippen molar-refractivity contribution in [2.45, 2.75) is 58.3 Å². The highest BCUT2D eigenvalue weighted by molar-refractivity contribution is 7.99. The van der Waals surface area contributed by atoms with Gasteiger partial charge < -0.3 is 5.32 Å². The third kappa shape index (κ3) is 6.43. The molecular formula is C19H29NOS. The number of hydrogen-bond acceptors (Lipinski definition) is 2. The fourth-order valence-corrected chi connectivity index (χ4v) is 4.05. The summed E-state index contributed by atoms with van der Waals surface area (Å²) in [6.45, 7) is 2.02. The van der Waals surface area contributed by atoms with Gasteiger partial charge in [0.1, 0.15) is 0 Å². The first-order valence-corrected chi connectivity index (χ1v) is 9.84. The van der Waals surface area contributed by atoms with E-state index in [0.29, 0.717) is 6.42 Å². The van der Waals surface area contributed by atoms with Crippen LogP contribution in [0.15, 0.2) is 24.3 Å². The minimum absolute atomic E-state index is 0.133. The van der Waals surface area contributed by atoms with Crippen molar-refractivity contribution >= 4 is 23.4 Å². The van der Waals surface area contributed by atoms with Crippen LogP contribution in [0.2, 0.25) is 0 Å². The van der Waals surface area contributed by atoms with Gasteiger partial charge in [-0.1, -0.05) is 50.3 Å². The Balaban J connectivity index is 1.51. The Labute approximate surface area is 139 Å². The molecule has 1 amide bonds. The van der Waals surface area contributed by atoms with Crippen molar-refractivity contribution in [1.29, 1.82) is 0 Å². The molecular weight excluding hydrogens is 290 g/mol. The van der Waals surface area contributed by atoms with E-state index in [9.17, 15) is 4.79 Å². The van der Waals surface area contributed by atoms with Crippen LogP contribution in [-0.4, -0.2) is 17.4 Å². The molecule has 22 heavy (non-hydrogen) atoms. The van der Waals surface area contributed by atoms with Crippen LogP contribution in [0.1, 0.15) is 56.9 Å². The Morgan fingerprint density at radius 2 is 1.95 bits per heavy atom. The third-order valence-corrected chi connectivity index (χ3v) is 5.59. The first kappa shape index (κ1) is 17.4. The van der Waals surface area contributed by atoms with Gasteiger partial charge in [-0.15, -0.1) is 0 Å². The molecule has 1 N–H and O–H groups in total. The number of amides is 1. The number of anilines is 1. The number of nitrogens with one attached hydrogen (secondary N) is 1. The molecule has 0 aliphatic heterocycles. The summed E-state index contributed by atoms with van der Waals surface area (Å²) in [6.07, 6.45) is 10.5. The highest BCUT2D eigenvalue weighted by Gasteiger charge is 2.12. The van der Waals surface area contributed by atoms with Crippen molar-refractivity contribution in [3.8, 4) is 0 Å². The Hall–Kier alpha value is -0.960. The average molecular weight is 320 g/mol. The summed E-state index contributed by atoms with van der Waals surface area (Å²) in [5.41, 5.74) is 2.06. The number of carbonyl (C=O) groups excluding carboxylic acids is 1. The number of benzene rings is 1. The average Bonchev–Trinajstić information content (AvgIpc) is 2.54. The number of aryl methyl sites for hydroxylation is 1. The van der Waals surface area contributed by atoms with Gasteiger partial charge in [0.15, 0.2) is 0 Å². The van der Waals surface area contributed by atoms with Crippen molar-refractivity contribution in [3.05, 3.63) is 29.8 Å². The predicted octanol–water partition coefficient (Wildman–Crippen LogP) is 5.42. The van der Waals surface area contributed by atoms with Crippen LogP contribution in [0.4, 0.5) is 5.69 Å². The van der Waals surface area contributed by atoms with E-state index in [4.69, 9.17) is 0 Å². The summed E-state index contributed by atoms with van der Waals surface area (Å²) in [5, 5.41) is 3.00. The van der Waals surface area contributed by atoms with Crippen LogP contribution in [0.5, 0.6) is 0 Å². The maximum atomic E-state index is 11.9. The van der Waals surface area contributed by atoms with Crippen molar-refractivity contribution in [2.24, 2.45) is 5.92 Å². The van der Waals surface area contributed by atoms with Crippen molar-refractivity contribution in [3.63, 3.8) is 0 Å². The van der Waals surface area contributed by atoms with Crippen LogP contribution < -0.4 is 5.32 Å². The van der Waals surface area contributed by atoms with E-state index >= 15 is 0 Å². The molecule has 1 aromatic carbocycles. The minimum Gasteiger partial charge on any atom is -0.326 e. The molecule has 1 fully saturated rings. The quantitative estimate of drug-likeness (QED) is 0.648. The summed E-state index contributed by atoms with van der Waals surface area (Å²) >= 11 is 1.92. The summed E-state index contributed by atoms with van der Waals surface area (Å²) in [7, 11) is 0. The molecule has 0 atom stereocenters. The number of para-hydroxylation sites is 1. The summed E-state index contributed by atoms with van der Waals surface area (Å²) in [4.78, 5) is 11.9. The van der Waals surface area contributed by atoms with Crippen molar-refractivity contribution in [2.75, 3.05) is 16.8 Å². The van der Waals surface area contributed by atoms with E-state index in [2.05, 4.69) is 5.32 Å². The highest BCUT2D eigenvalue weighted by Crippen LogP contribution is 2.27. The Bertz CT molecular complexity index is 455. The molecule has 3 heteroatoms.